The molecule has 0 saturated carbocycles. The van der Waals surface area contributed by atoms with Gasteiger partial charge in [0, 0.05) is 6.08 Å². The lowest BCUT2D eigenvalue weighted by Crippen LogP contribution is -2.04. The highest BCUT2D eigenvalue weighted by Gasteiger charge is 2.06. The van der Waals surface area contributed by atoms with Crippen molar-refractivity contribution in [2.75, 3.05) is 7.11 Å². The third kappa shape index (κ3) is 3.85. The van der Waals surface area contributed by atoms with E-state index in [-0.39, 0.29) is 0 Å². The molecule has 1 aromatic heterocycles. The number of halogens is 1. The first-order valence-electron chi connectivity index (χ1n) is 5.47. The fourth-order valence-corrected chi connectivity index (χ4v) is 1.85. The van der Waals surface area contributed by atoms with Crippen LogP contribution in [-0.4, -0.2) is 13.1 Å². The highest BCUT2D eigenvalue weighted by molar-refractivity contribution is 14.1. The van der Waals surface area contributed by atoms with Crippen LogP contribution in [0, 0.1) is 3.77 Å². The lowest BCUT2D eigenvalue weighted by molar-refractivity contribution is -0.129. The molecule has 1 aromatic carbocycles. The minimum Gasteiger partial charge on any atom is -0.493 e. The van der Waals surface area contributed by atoms with Crippen LogP contribution in [0.1, 0.15) is 5.76 Å². The molecule has 0 spiro atoms. The Labute approximate surface area is 124 Å². The van der Waals surface area contributed by atoms with Crippen molar-refractivity contribution in [2.45, 2.75) is 0 Å². The Bertz CT molecular complexity index is 601. The molecule has 0 aliphatic carbocycles. The Kier molecular flexibility index (Phi) is 4.62. The van der Waals surface area contributed by atoms with Crippen molar-refractivity contribution in [3.63, 3.8) is 0 Å². The second-order valence-electron chi connectivity index (χ2n) is 3.55. The summed E-state index contributed by atoms with van der Waals surface area (Å²) in [5.74, 6) is 1.00. The molecule has 98 valence electrons. The summed E-state index contributed by atoms with van der Waals surface area (Å²) in [6, 6.07) is 10.5. The number of benzene rings is 1. The predicted molar refractivity (Wildman–Crippen MR) is 79.1 cm³/mol. The van der Waals surface area contributed by atoms with Crippen molar-refractivity contribution in [1.29, 1.82) is 0 Å². The van der Waals surface area contributed by atoms with Gasteiger partial charge in [0.15, 0.2) is 15.3 Å². The average Bonchev–Trinajstić information content (AvgIpc) is 2.83. The van der Waals surface area contributed by atoms with E-state index in [0.29, 0.717) is 17.3 Å². The molecule has 0 amide bonds. The maximum absolute atomic E-state index is 11.7. The van der Waals surface area contributed by atoms with Gasteiger partial charge >= 0.3 is 5.97 Å². The normalized spacial score (nSPS) is 10.6. The molecule has 4 nitrogen and oxygen atoms in total. The average molecular weight is 370 g/mol. The van der Waals surface area contributed by atoms with Gasteiger partial charge in [-0.2, -0.15) is 0 Å². The van der Waals surface area contributed by atoms with Crippen molar-refractivity contribution in [2.24, 2.45) is 0 Å². The summed E-state index contributed by atoms with van der Waals surface area (Å²) in [5.41, 5.74) is 0. The summed E-state index contributed by atoms with van der Waals surface area (Å²) in [4.78, 5) is 11.7. The quantitative estimate of drug-likeness (QED) is 0.358. The lowest BCUT2D eigenvalue weighted by atomic mass is 10.3. The number of carbonyl (C=O) groups excluding carboxylic acids is 1. The number of rotatable bonds is 4. The van der Waals surface area contributed by atoms with Crippen molar-refractivity contribution in [1.82, 2.24) is 0 Å². The van der Waals surface area contributed by atoms with Crippen LogP contribution in [0.15, 0.2) is 46.9 Å². The van der Waals surface area contributed by atoms with E-state index in [9.17, 15) is 4.79 Å². The largest absolute Gasteiger partial charge is 0.493 e. The third-order valence-corrected chi connectivity index (χ3v) is 2.84. The molecule has 0 fully saturated rings. The number of ether oxygens (including phenoxy) is 2. The maximum atomic E-state index is 11.7. The van der Waals surface area contributed by atoms with Crippen LogP contribution in [0.3, 0.4) is 0 Å². The molecule has 19 heavy (non-hydrogen) atoms. The van der Waals surface area contributed by atoms with E-state index < -0.39 is 5.97 Å². The highest BCUT2D eigenvalue weighted by Crippen LogP contribution is 2.25. The zero-order valence-corrected chi connectivity index (χ0v) is 12.3. The van der Waals surface area contributed by atoms with Crippen LogP contribution in [0.5, 0.6) is 11.5 Å². The number of furan rings is 1. The number of esters is 1. The fraction of sp³-hybridized carbons (Fsp3) is 0.0714. The molecule has 0 saturated heterocycles. The summed E-state index contributed by atoms with van der Waals surface area (Å²) in [6.07, 6.45) is 2.86. The molecule has 5 heteroatoms. The first kappa shape index (κ1) is 13.7. The van der Waals surface area contributed by atoms with Crippen LogP contribution in [0.2, 0.25) is 0 Å². The van der Waals surface area contributed by atoms with E-state index in [1.54, 1.807) is 36.4 Å². The number of hydrogen-bond acceptors (Lipinski definition) is 4. The van der Waals surface area contributed by atoms with Gasteiger partial charge in [0.2, 0.25) is 0 Å². The van der Waals surface area contributed by atoms with Crippen LogP contribution in [-0.2, 0) is 4.79 Å². The van der Waals surface area contributed by atoms with Gasteiger partial charge in [-0.15, -0.1) is 0 Å². The molecular weight excluding hydrogens is 359 g/mol. The van der Waals surface area contributed by atoms with Gasteiger partial charge in [-0.1, -0.05) is 12.1 Å². The molecule has 2 aromatic rings. The molecule has 0 unspecified atom stereocenters. The van der Waals surface area contributed by atoms with E-state index in [1.807, 2.05) is 6.07 Å². The molecular formula is C14H11IO4. The summed E-state index contributed by atoms with van der Waals surface area (Å²) < 4.78 is 16.3. The van der Waals surface area contributed by atoms with Crippen LogP contribution in [0.4, 0.5) is 0 Å². The number of para-hydroxylation sites is 2. The van der Waals surface area contributed by atoms with E-state index in [0.717, 1.165) is 3.77 Å². The minimum atomic E-state index is -0.490. The van der Waals surface area contributed by atoms with Gasteiger partial charge < -0.3 is 13.9 Å². The SMILES string of the molecule is COc1ccccc1OC(=O)/C=C/c1ccc(I)o1. The molecule has 0 N–H and O–H groups in total. The van der Waals surface area contributed by atoms with Crippen molar-refractivity contribution in [3.8, 4) is 11.5 Å². The Morgan fingerprint density at radius 3 is 2.58 bits per heavy atom. The topological polar surface area (TPSA) is 48.7 Å². The summed E-state index contributed by atoms with van der Waals surface area (Å²) in [7, 11) is 1.52. The van der Waals surface area contributed by atoms with Gasteiger partial charge in [-0.25, -0.2) is 4.79 Å². The second-order valence-corrected chi connectivity index (χ2v) is 4.61. The Hall–Kier alpha value is -1.76. The summed E-state index contributed by atoms with van der Waals surface area (Å²) in [5, 5.41) is 0. The molecule has 0 atom stereocenters. The maximum Gasteiger partial charge on any atom is 0.336 e. The third-order valence-electron chi connectivity index (χ3n) is 2.26. The van der Waals surface area contributed by atoms with Gasteiger partial charge in [0.1, 0.15) is 5.76 Å². The van der Waals surface area contributed by atoms with Crippen molar-refractivity contribution >= 4 is 34.6 Å². The van der Waals surface area contributed by atoms with E-state index in [1.165, 1.54) is 13.2 Å². The number of methoxy groups -OCH3 is 1. The second kappa shape index (κ2) is 6.42. The van der Waals surface area contributed by atoms with Gasteiger partial charge in [0.25, 0.3) is 0 Å². The first-order chi connectivity index (χ1) is 9.19. The van der Waals surface area contributed by atoms with Crippen LogP contribution < -0.4 is 9.47 Å². The smallest absolute Gasteiger partial charge is 0.336 e. The summed E-state index contributed by atoms with van der Waals surface area (Å²) >= 11 is 2.05. The van der Waals surface area contributed by atoms with Gasteiger partial charge in [-0.3, -0.25) is 0 Å². The van der Waals surface area contributed by atoms with Crippen LogP contribution in [0.25, 0.3) is 6.08 Å². The monoisotopic (exact) mass is 370 g/mol. The molecule has 2 rings (SSSR count). The Morgan fingerprint density at radius 1 is 1.21 bits per heavy atom. The lowest BCUT2D eigenvalue weighted by Gasteiger charge is -2.06. The number of carbonyl (C=O) groups is 1. The van der Waals surface area contributed by atoms with Gasteiger partial charge in [0.05, 0.1) is 7.11 Å². The molecule has 0 radical (unpaired) electrons. The van der Waals surface area contributed by atoms with E-state index >= 15 is 0 Å². The zero-order valence-electron chi connectivity index (χ0n) is 10.1. The molecule has 1 heterocycles. The first-order valence-corrected chi connectivity index (χ1v) is 6.55. The zero-order chi connectivity index (χ0) is 13.7. The van der Waals surface area contributed by atoms with Gasteiger partial charge in [-0.05, 0) is 52.9 Å². The highest BCUT2D eigenvalue weighted by atomic mass is 127. The summed E-state index contributed by atoms with van der Waals surface area (Å²) in [6.45, 7) is 0. The standard InChI is InChI=1S/C14H11IO4/c1-17-11-4-2-3-5-12(11)19-14(16)9-7-10-6-8-13(15)18-10/h2-9H,1H3/b9-7+. The fourth-order valence-electron chi connectivity index (χ4n) is 1.41. The minimum absolute atomic E-state index is 0.383. The van der Waals surface area contributed by atoms with E-state index in [4.69, 9.17) is 13.9 Å². The predicted octanol–water partition coefficient (Wildman–Crippen LogP) is 3.51. The van der Waals surface area contributed by atoms with E-state index in [2.05, 4.69) is 22.6 Å². The molecule has 0 aliphatic heterocycles. The van der Waals surface area contributed by atoms with Crippen molar-refractivity contribution in [3.05, 3.63) is 52.0 Å². The molecule has 0 aliphatic rings. The van der Waals surface area contributed by atoms with Crippen LogP contribution >= 0.6 is 22.6 Å². The molecule has 0 bridgehead atoms. The Balaban J connectivity index is 2.03. The Morgan fingerprint density at radius 2 is 1.95 bits per heavy atom. The van der Waals surface area contributed by atoms with Crippen molar-refractivity contribution < 1.29 is 18.7 Å². The number of hydrogen-bond donors (Lipinski definition) is 0.